The summed E-state index contributed by atoms with van der Waals surface area (Å²) in [6.45, 7) is 6.10. The normalized spacial score (nSPS) is 19.9. The maximum Gasteiger partial charge on any atom is 0.291 e. The molecule has 0 aromatic carbocycles. The van der Waals surface area contributed by atoms with Gasteiger partial charge in [-0.05, 0) is 25.7 Å². The number of carbonyl (C=O) groups excluding carboxylic acids is 2. The minimum atomic E-state index is -0.629. The van der Waals surface area contributed by atoms with Gasteiger partial charge in [0.25, 0.3) is 5.91 Å². The van der Waals surface area contributed by atoms with Crippen LogP contribution in [0.3, 0.4) is 0 Å². The second-order valence-corrected chi connectivity index (χ2v) is 5.85. The van der Waals surface area contributed by atoms with E-state index in [4.69, 9.17) is 0 Å². The average molecular weight is 279 g/mol. The van der Waals surface area contributed by atoms with Gasteiger partial charge in [-0.2, -0.15) is 5.21 Å². The van der Waals surface area contributed by atoms with Crippen LogP contribution in [0.2, 0.25) is 0 Å². The van der Waals surface area contributed by atoms with Crippen LogP contribution in [-0.2, 0) is 9.59 Å². The van der Waals surface area contributed by atoms with Crippen molar-refractivity contribution in [1.29, 1.82) is 0 Å². The molecule has 1 atom stereocenters. The van der Waals surface area contributed by atoms with E-state index in [0.29, 0.717) is 18.8 Å². The van der Waals surface area contributed by atoms with Crippen LogP contribution >= 0.6 is 0 Å². The van der Waals surface area contributed by atoms with Crippen molar-refractivity contribution in [3.63, 3.8) is 0 Å². The van der Waals surface area contributed by atoms with Gasteiger partial charge in [-0.15, -0.1) is 10.2 Å². The van der Waals surface area contributed by atoms with E-state index < -0.39 is 11.3 Å². The van der Waals surface area contributed by atoms with E-state index in [1.165, 1.54) is 0 Å². The molecular weight excluding hydrogens is 258 g/mol. The highest BCUT2D eigenvalue weighted by molar-refractivity contribution is 6.38. The molecule has 1 amide bonds. The van der Waals surface area contributed by atoms with Gasteiger partial charge in [-0.3, -0.25) is 9.59 Å². The predicted molar refractivity (Wildman–Crippen MR) is 71.6 cm³/mol. The zero-order valence-corrected chi connectivity index (χ0v) is 12.2. The van der Waals surface area contributed by atoms with Crippen molar-refractivity contribution in [3.05, 3.63) is 5.82 Å². The summed E-state index contributed by atoms with van der Waals surface area (Å²) in [6.07, 6.45) is 3.30. The number of H-pyrrole nitrogens is 1. The van der Waals surface area contributed by atoms with Gasteiger partial charge >= 0.3 is 0 Å². The molecule has 7 nitrogen and oxygen atoms in total. The molecule has 1 unspecified atom stereocenters. The highest BCUT2D eigenvalue weighted by atomic mass is 16.2. The molecule has 1 aromatic rings. The van der Waals surface area contributed by atoms with Gasteiger partial charge in [0.15, 0.2) is 5.82 Å². The quantitative estimate of drug-likeness (QED) is 0.838. The van der Waals surface area contributed by atoms with Crippen molar-refractivity contribution < 1.29 is 9.59 Å². The van der Waals surface area contributed by atoms with Gasteiger partial charge in [0.05, 0.1) is 6.04 Å². The van der Waals surface area contributed by atoms with E-state index in [-0.39, 0.29) is 11.8 Å². The number of hydrogen-bond donors (Lipinski definition) is 1. The van der Waals surface area contributed by atoms with Crippen molar-refractivity contribution >= 4 is 11.7 Å². The second kappa shape index (κ2) is 5.68. The Morgan fingerprint density at radius 1 is 1.40 bits per heavy atom. The Hall–Kier alpha value is -1.79. The molecule has 2 rings (SSSR count). The van der Waals surface area contributed by atoms with Crippen LogP contribution in [0.15, 0.2) is 0 Å². The lowest BCUT2D eigenvalue weighted by Crippen LogP contribution is -2.46. The first-order valence-corrected chi connectivity index (χ1v) is 7.06. The lowest BCUT2D eigenvalue weighted by molar-refractivity contribution is -0.151. The molecule has 2 heterocycles. The van der Waals surface area contributed by atoms with Gasteiger partial charge in [0.1, 0.15) is 0 Å². The van der Waals surface area contributed by atoms with E-state index in [0.717, 1.165) is 19.3 Å². The van der Waals surface area contributed by atoms with E-state index in [9.17, 15) is 9.59 Å². The Balaban J connectivity index is 2.20. The molecule has 0 spiro atoms. The number of hydrogen-bond acceptors (Lipinski definition) is 5. The largest absolute Gasteiger partial charge is 0.326 e. The van der Waals surface area contributed by atoms with Gasteiger partial charge in [0, 0.05) is 12.0 Å². The van der Waals surface area contributed by atoms with Crippen molar-refractivity contribution in [1.82, 2.24) is 25.5 Å². The minimum absolute atomic E-state index is 0.244. The third-order valence-corrected chi connectivity index (χ3v) is 4.12. The SMILES string of the molecule is CCC(C)(C)C(=O)C(=O)N1CCCCC1c1nn[nH]n1. The molecule has 110 valence electrons. The first-order chi connectivity index (χ1) is 9.47. The highest BCUT2D eigenvalue weighted by Gasteiger charge is 2.39. The second-order valence-electron chi connectivity index (χ2n) is 5.85. The third-order valence-electron chi connectivity index (χ3n) is 4.12. The average Bonchev–Trinajstić information content (AvgIpc) is 2.99. The Morgan fingerprint density at radius 2 is 2.15 bits per heavy atom. The van der Waals surface area contributed by atoms with Crippen LogP contribution in [0.4, 0.5) is 0 Å². The van der Waals surface area contributed by atoms with Crippen molar-refractivity contribution in [2.24, 2.45) is 5.41 Å². The summed E-state index contributed by atoms with van der Waals surface area (Å²) < 4.78 is 0. The topological polar surface area (TPSA) is 91.8 Å². The number of amides is 1. The maximum atomic E-state index is 12.5. The number of ketones is 1. The third kappa shape index (κ3) is 2.71. The van der Waals surface area contributed by atoms with E-state index in [1.54, 1.807) is 18.7 Å². The van der Waals surface area contributed by atoms with Gasteiger partial charge < -0.3 is 4.90 Å². The van der Waals surface area contributed by atoms with Crippen molar-refractivity contribution in [2.45, 2.75) is 52.5 Å². The zero-order chi connectivity index (χ0) is 14.8. The van der Waals surface area contributed by atoms with Gasteiger partial charge in [0.2, 0.25) is 5.78 Å². The Bertz CT molecular complexity index is 483. The summed E-state index contributed by atoms with van der Waals surface area (Å²) in [6, 6.07) is -0.244. The summed E-state index contributed by atoms with van der Waals surface area (Å²) in [4.78, 5) is 26.5. The smallest absolute Gasteiger partial charge is 0.291 e. The monoisotopic (exact) mass is 279 g/mol. The number of aromatic nitrogens is 4. The number of Topliss-reactive ketones (excluding diaryl/α,β-unsaturated/α-hetero) is 1. The minimum Gasteiger partial charge on any atom is -0.326 e. The predicted octanol–water partition coefficient (Wildman–Crippen LogP) is 1.26. The summed E-state index contributed by atoms with van der Waals surface area (Å²) in [5.74, 6) is -0.276. The molecule has 1 fully saturated rings. The summed E-state index contributed by atoms with van der Waals surface area (Å²) in [5.41, 5.74) is -0.629. The number of tetrazole rings is 1. The molecule has 1 aromatic heterocycles. The summed E-state index contributed by atoms with van der Waals surface area (Å²) >= 11 is 0. The van der Waals surface area contributed by atoms with E-state index in [2.05, 4.69) is 20.6 Å². The van der Waals surface area contributed by atoms with Crippen molar-refractivity contribution in [2.75, 3.05) is 6.54 Å². The lowest BCUT2D eigenvalue weighted by atomic mass is 9.84. The fourth-order valence-electron chi connectivity index (χ4n) is 2.33. The Labute approximate surface area is 118 Å². The van der Waals surface area contributed by atoms with Crippen LogP contribution < -0.4 is 0 Å². The highest BCUT2D eigenvalue weighted by Crippen LogP contribution is 2.31. The van der Waals surface area contributed by atoms with E-state index >= 15 is 0 Å². The molecule has 1 aliphatic heterocycles. The molecule has 20 heavy (non-hydrogen) atoms. The van der Waals surface area contributed by atoms with Gasteiger partial charge in [-0.1, -0.05) is 26.0 Å². The molecule has 1 N–H and O–H groups in total. The van der Waals surface area contributed by atoms with Crippen LogP contribution in [0.25, 0.3) is 0 Å². The van der Waals surface area contributed by atoms with Crippen molar-refractivity contribution in [3.8, 4) is 0 Å². The number of nitrogens with zero attached hydrogens (tertiary/aromatic N) is 4. The zero-order valence-electron chi connectivity index (χ0n) is 12.2. The first-order valence-electron chi connectivity index (χ1n) is 7.06. The number of rotatable bonds is 4. The molecule has 0 bridgehead atoms. The molecule has 0 aliphatic carbocycles. The number of aromatic amines is 1. The molecule has 0 radical (unpaired) electrons. The van der Waals surface area contributed by atoms with E-state index in [1.807, 2.05) is 6.92 Å². The number of carbonyl (C=O) groups is 2. The van der Waals surface area contributed by atoms with Crippen LogP contribution in [0.5, 0.6) is 0 Å². The van der Waals surface area contributed by atoms with Gasteiger partial charge in [-0.25, -0.2) is 0 Å². The molecule has 1 aliphatic rings. The molecule has 1 saturated heterocycles. The first kappa shape index (κ1) is 14.6. The fourth-order valence-corrected chi connectivity index (χ4v) is 2.33. The number of piperidine rings is 1. The Kier molecular flexibility index (Phi) is 4.15. The maximum absolute atomic E-state index is 12.5. The molecular formula is C13H21N5O2. The van der Waals surface area contributed by atoms with Crippen LogP contribution in [0.1, 0.15) is 58.3 Å². The standard InChI is InChI=1S/C13H21N5O2/c1-4-13(2,3)10(19)12(20)18-8-6-5-7-9(18)11-14-16-17-15-11/h9H,4-8H2,1-3H3,(H,14,15,16,17). The van der Waals surface area contributed by atoms with Crippen LogP contribution in [0, 0.1) is 5.41 Å². The lowest BCUT2D eigenvalue weighted by Gasteiger charge is -2.35. The number of nitrogens with one attached hydrogen (secondary N) is 1. The summed E-state index contributed by atoms with van der Waals surface area (Å²) in [7, 11) is 0. The fraction of sp³-hybridized carbons (Fsp3) is 0.769. The Morgan fingerprint density at radius 3 is 2.75 bits per heavy atom. The number of likely N-dealkylation sites (tertiary alicyclic amines) is 1. The molecule has 0 saturated carbocycles. The molecule has 7 heteroatoms. The summed E-state index contributed by atoms with van der Waals surface area (Å²) in [5, 5.41) is 13.9. The van der Waals surface area contributed by atoms with Crippen LogP contribution in [-0.4, -0.2) is 43.8 Å².